The highest BCUT2D eigenvalue weighted by Crippen LogP contribution is 2.28. The summed E-state index contributed by atoms with van der Waals surface area (Å²) in [5.41, 5.74) is 1.000. The summed E-state index contributed by atoms with van der Waals surface area (Å²) in [6, 6.07) is 8.02. The third-order valence-corrected chi connectivity index (χ3v) is 5.33. The lowest BCUT2D eigenvalue weighted by molar-refractivity contribution is -0.119. The maximum Gasteiger partial charge on any atom is 0.230 e. The van der Waals surface area contributed by atoms with Crippen molar-refractivity contribution >= 4 is 39.2 Å². The summed E-state index contributed by atoms with van der Waals surface area (Å²) in [7, 11) is 0. The molecule has 0 spiro atoms. The first-order valence-corrected chi connectivity index (χ1v) is 8.48. The molecule has 1 amide bonds. The van der Waals surface area contributed by atoms with Gasteiger partial charge in [-0.1, -0.05) is 23.9 Å². The zero-order valence-corrected chi connectivity index (χ0v) is 12.6. The topological polar surface area (TPSA) is 51.2 Å². The number of carbonyl (C=O) groups excluding carboxylic acids is 1. The number of hydrogen-bond donors (Lipinski definition) is 1. The number of benzene rings is 1. The Bertz CT molecular complexity index is 561. The summed E-state index contributed by atoms with van der Waals surface area (Å²) in [5.74, 6) is 0.455. The van der Waals surface area contributed by atoms with Gasteiger partial charge in [-0.2, -0.15) is 0 Å². The Morgan fingerprint density at radius 2 is 2.40 bits per heavy atom. The zero-order valence-electron chi connectivity index (χ0n) is 11.0. The molecule has 0 saturated carbocycles. The van der Waals surface area contributed by atoms with E-state index in [0.717, 1.165) is 34.0 Å². The second-order valence-corrected chi connectivity index (χ2v) is 6.93. The van der Waals surface area contributed by atoms with Crippen molar-refractivity contribution in [3.63, 3.8) is 0 Å². The highest BCUT2D eigenvalue weighted by Gasteiger charge is 2.16. The first-order chi connectivity index (χ1) is 9.81. The quantitative estimate of drug-likeness (QED) is 0.863. The van der Waals surface area contributed by atoms with Gasteiger partial charge in [-0.3, -0.25) is 4.79 Å². The van der Waals surface area contributed by atoms with Gasteiger partial charge in [0.25, 0.3) is 0 Å². The predicted octanol–water partition coefficient (Wildman–Crippen LogP) is 2.68. The van der Waals surface area contributed by atoms with Crippen LogP contribution in [0.25, 0.3) is 10.2 Å². The lowest BCUT2D eigenvalue weighted by Gasteiger charge is -2.09. The molecule has 1 atom stereocenters. The molecule has 6 heteroatoms. The van der Waals surface area contributed by atoms with Gasteiger partial charge in [0, 0.05) is 13.2 Å². The summed E-state index contributed by atoms with van der Waals surface area (Å²) < 4.78 is 7.58. The van der Waals surface area contributed by atoms with E-state index in [4.69, 9.17) is 4.74 Å². The van der Waals surface area contributed by atoms with Crippen LogP contribution >= 0.6 is 23.1 Å². The van der Waals surface area contributed by atoms with Gasteiger partial charge >= 0.3 is 0 Å². The fourth-order valence-electron chi connectivity index (χ4n) is 2.12. The molecule has 1 aromatic heterocycles. The molecule has 1 aromatic carbocycles. The number of nitrogens with one attached hydrogen (secondary N) is 1. The van der Waals surface area contributed by atoms with Gasteiger partial charge in [0.15, 0.2) is 4.34 Å². The van der Waals surface area contributed by atoms with E-state index in [1.165, 1.54) is 11.8 Å². The molecule has 1 aliphatic heterocycles. The molecule has 0 radical (unpaired) electrons. The van der Waals surface area contributed by atoms with Gasteiger partial charge < -0.3 is 10.1 Å². The van der Waals surface area contributed by atoms with Gasteiger partial charge in [0.2, 0.25) is 5.91 Å². The van der Waals surface area contributed by atoms with E-state index in [1.54, 1.807) is 11.3 Å². The fraction of sp³-hybridized carbons (Fsp3) is 0.429. The van der Waals surface area contributed by atoms with Crippen molar-refractivity contribution in [2.24, 2.45) is 0 Å². The van der Waals surface area contributed by atoms with E-state index in [2.05, 4.69) is 16.4 Å². The van der Waals surface area contributed by atoms with Crippen LogP contribution in [0.3, 0.4) is 0 Å². The largest absolute Gasteiger partial charge is 0.376 e. The molecule has 106 valence electrons. The molecule has 20 heavy (non-hydrogen) atoms. The van der Waals surface area contributed by atoms with Crippen molar-refractivity contribution in [2.45, 2.75) is 23.3 Å². The molecule has 1 aliphatic rings. The van der Waals surface area contributed by atoms with E-state index >= 15 is 0 Å². The molecule has 2 heterocycles. The first kappa shape index (κ1) is 13.9. The van der Waals surface area contributed by atoms with Gasteiger partial charge in [0.1, 0.15) is 0 Å². The van der Waals surface area contributed by atoms with Crippen LogP contribution in [-0.4, -0.2) is 35.9 Å². The van der Waals surface area contributed by atoms with Crippen LogP contribution in [0.15, 0.2) is 28.6 Å². The number of hydrogen-bond acceptors (Lipinski definition) is 5. The van der Waals surface area contributed by atoms with E-state index in [1.807, 2.05) is 18.2 Å². The Hall–Kier alpha value is -1.11. The van der Waals surface area contributed by atoms with Crippen LogP contribution in [0.4, 0.5) is 0 Å². The smallest absolute Gasteiger partial charge is 0.230 e. The van der Waals surface area contributed by atoms with Crippen LogP contribution in [0, 0.1) is 0 Å². The molecule has 1 N–H and O–H groups in total. The monoisotopic (exact) mass is 308 g/mol. The minimum Gasteiger partial charge on any atom is -0.376 e. The maximum atomic E-state index is 11.8. The van der Waals surface area contributed by atoms with E-state index in [0.29, 0.717) is 12.3 Å². The van der Waals surface area contributed by atoms with Crippen LogP contribution in [-0.2, 0) is 9.53 Å². The lowest BCUT2D eigenvalue weighted by Crippen LogP contribution is -2.32. The summed E-state index contributed by atoms with van der Waals surface area (Å²) in [5, 5.41) is 2.92. The molecule has 0 unspecified atom stereocenters. The second-order valence-electron chi connectivity index (χ2n) is 4.68. The molecule has 0 bridgehead atoms. The maximum absolute atomic E-state index is 11.8. The number of aromatic nitrogens is 1. The Morgan fingerprint density at radius 3 is 3.20 bits per heavy atom. The van der Waals surface area contributed by atoms with Gasteiger partial charge in [0.05, 0.1) is 22.1 Å². The Morgan fingerprint density at radius 1 is 1.50 bits per heavy atom. The Kier molecular flexibility index (Phi) is 4.54. The highest BCUT2D eigenvalue weighted by atomic mass is 32.2. The molecule has 3 rings (SSSR count). The lowest BCUT2D eigenvalue weighted by atomic mass is 10.2. The van der Waals surface area contributed by atoms with Crippen LogP contribution in [0.2, 0.25) is 0 Å². The summed E-state index contributed by atoms with van der Waals surface area (Å²) in [6.45, 7) is 1.44. The number of para-hydroxylation sites is 1. The SMILES string of the molecule is O=C(CSc1nc2ccccc2s1)NC[C@@H]1CCCO1. The second kappa shape index (κ2) is 6.56. The number of nitrogens with zero attached hydrogens (tertiary/aromatic N) is 1. The third-order valence-electron chi connectivity index (χ3n) is 3.15. The van der Waals surface area contributed by atoms with Crippen molar-refractivity contribution < 1.29 is 9.53 Å². The standard InChI is InChI=1S/C14H16N2O2S2/c17-13(15-8-10-4-3-7-18-10)9-19-14-16-11-5-1-2-6-12(11)20-14/h1-2,5-6,10H,3-4,7-9H2,(H,15,17)/t10-/m0/s1. The number of fused-ring (bicyclic) bond motifs is 1. The first-order valence-electron chi connectivity index (χ1n) is 6.68. The van der Waals surface area contributed by atoms with Gasteiger partial charge in [-0.05, 0) is 25.0 Å². The number of thiazole rings is 1. The average molecular weight is 308 g/mol. The molecule has 2 aromatic rings. The average Bonchev–Trinajstić information content (AvgIpc) is 3.11. The molecule has 4 nitrogen and oxygen atoms in total. The van der Waals surface area contributed by atoms with Crippen LogP contribution < -0.4 is 5.32 Å². The van der Waals surface area contributed by atoms with Crippen molar-refractivity contribution in [3.8, 4) is 0 Å². The van der Waals surface area contributed by atoms with Crippen molar-refractivity contribution in [1.82, 2.24) is 10.3 Å². The van der Waals surface area contributed by atoms with Crippen LogP contribution in [0.1, 0.15) is 12.8 Å². The Balaban J connectivity index is 1.47. The van der Waals surface area contributed by atoms with Crippen molar-refractivity contribution in [1.29, 1.82) is 0 Å². The predicted molar refractivity (Wildman–Crippen MR) is 82.3 cm³/mol. The number of rotatable bonds is 5. The molecule has 1 saturated heterocycles. The molecule has 0 aliphatic carbocycles. The zero-order chi connectivity index (χ0) is 13.8. The van der Waals surface area contributed by atoms with Crippen molar-refractivity contribution in [3.05, 3.63) is 24.3 Å². The minimum atomic E-state index is 0.0461. The van der Waals surface area contributed by atoms with Gasteiger partial charge in [-0.15, -0.1) is 11.3 Å². The summed E-state index contributed by atoms with van der Waals surface area (Å²) in [4.78, 5) is 16.3. The van der Waals surface area contributed by atoms with E-state index < -0.39 is 0 Å². The summed E-state index contributed by atoms with van der Waals surface area (Å²) >= 11 is 3.12. The fourth-order valence-corrected chi connectivity index (χ4v) is 4.02. The number of thioether (sulfide) groups is 1. The van der Waals surface area contributed by atoms with E-state index in [9.17, 15) is 4.79 Å². The highest BCUT2D eigenvalue weighted by molar-refractivity contribution is 8.01. The molecular weight excluding hydrogens is 292 g/mol. The third kappa shape index (κ3) is 3.50. The summed E-state index contributed by atoms with van der Waals surface area (Å²) in [6.07, 6.45) is 2.35. The Labute approximate surface area is 125 Å². The normalized spacial score (nSPS) is 18.5. The minimum absolute atomic E-state index is 0.0461. The van der Waals surface area contributed by atoms with Gasteiger partial charge in [-0.25, -0.2) is 4.98 Å². The number of ether oxygens (including phenoxy) is 1. The molecule has 1 fully saturated rings. The molecular formula is C14H16N2O2S2. The van der Waals surface area contributed by atoms with Crippen molar-refractivity contribution in [2.75, 3.05) is 18.9 Å². The number of amides is 1. The van der Waals surface area contributed by atoms with E-state index in [-0.39, 0.29) is 12.0 Å². The van der Waals surface area contributed by atoms with Crippen LogP contribution in [0.5, 0.6) is 0 Å². The number of carbonyl (C=O) groups is 1.